The molecule has 0 fully saturated rings. The lowest BCUT2D eigenvalue weighted by Gasteiger charge is -1.92. The zero-order chi connectivity index (χ0) is 6.69. The van der Waals surface area contributed by atoms with Gasteiger partial charge < -0.3 is 5.32 Å². The van der Waals surface area contributed by atoms with Crippen molar-refractivity contribution < 1.29 is 9.59 Å². The summed E-state index contributed by atoms with van der Waals surface area (Å²) in [6.45, 7) is 0.477. The predicted octanol–water partition coefficient (Wildman–Crippen LogP) is -0.368. The molecule has 0 aromatic rings. The molecule has 0 atom stereocenters. The highest BCUT2D eigenvalue weighted by atomic mass is 16.2. The topological polar surface area (TPSA) is 46.2 Å². The normalized spacial score (nSPS) is 19.1. The van der Waals surface area contributed by atoms with Crippen molar-refractivity contribution in [3.8, 4) is 0 Å². The molecule has 0 radical (unpaired) electrons. The van der Waals surface area contributed by atoms with E-state index in [0.29, 0.717) is 6.54 Å². The molecule has 1 aliphatic heterocycles. The highest BCUT2D eigenvalue weighted by Crippen LogP contribution is 1.89. The van der Waals surface area contributed by atoms with Crippen molar-refractivity contribution in [3.63, 3.8) is 0 Å². The van der Waals surface area contributed by atoms with Crippen LogP contribution in [0.25, 0.3) is 0 Å². The van der Waals surface area contributed by atoms with Crippen molar-refractivity contribution in [1.82, 2.24) is 5.32 Å². The SMILES string of the molecule is O=C1C=CCNC(=O)C1. The molecular weight excluding hydrogens is 118 g/mol. The van der Waals surface area contributed by atoms with Gasteiger partial charge in [0.1, 0.15) is 0 Å². The molecule has 3 heteroatoms. The quantitative estimate of drug-likeness (QED) is 0.449. The Balaban J connectivity index is 2.61. The molecule has 1 N–H and O–H groups in total. The maximum atomic E-state index is 10.5. The minimum atomic E-state index is -0.190. The molecule has 3 nitrogen and oxygen atoms in total. The van der Waals surface area contributed by atoms with Gasteiger partial charge in [0, 0.05) is 6.54 Å². The molecule has 0 aromatic carbocycles. The van der Waals surface area contributed by atoms with Gasteiger partial charge in [-0.2, -0.15) is 0 Å². The second-order valence-corrected chi connectivity index (χ2v) is 1.85. The molecule has 1 rings (SSSR count). The van der Waals surface area contributed by atoms with E-state index in [9.17, 15) is 9.59 Å². The van der Waals surface area contributed by atoms with E-state index in [0.717, 1.165) is 0 Å². The van der Waals surface area contributed by atoms with Gasteiger partial charge in [0.2, 0.25) is 5.91 Å². The van der Waals surface area contributed by atoms with E-state index in [1.807, 2.05) is 0 Å². The molecular formula is C6H7NO2. The summed E-state index contributed by atoms with van der Waals surface area (Å²) in [6, 6.07) is 0. The molecule has 0 aromatic heterocycles. The molecule has 0 saturated carbocycles. The van der Waals surface area contributed by atoms with Gasteiger partial charge in [-0.3, -0.25) is 9.59 Å². The first-order valence-corrected chi connectivity index (χ1v) is 2.75. The number of ketones is 1. The van der Waals surface area contributed by atoms with Crippen LogP contribution in [-0.2, 0) is 9.59 Å². The predicted molar refractivity (Wildman–Crippen MR) is 31.8 cm³/mol. The van der Waals surface area contributed by atoms with Gasteiger partial charge in [-0.15, -0.1) is 0 Å². The fourth-order valence-corrected chi connectivity index (χ4v) is 0.643. The van der Waals surface area contributed by atoms with Crippen LogP contribution in [-0.4, -0.2) is 18.2 Å². The Labute approximate surface area is 52.7 Å². The second-order valence-electron chi connectivity index (χ2n) is 1.85. The third-order valence-electron chi connectivity index (χ3n) is 1.06. The van der Waals surface area contributed by atoms with Crippen LogP contribution in [0.15, 0.2) is 12.2 Å². The van der Waals surface area contributed by atoms with Crippen molar-refractivity contribution in [1.29, 1.82) is 0 Å². The Bertz CT molecular complexity index is 172. The summed E-state index contributed by atoms with van der Waals surface area (Å²) in [4.78, 5) is 21.1. The van der Waals surface area contributed by atoms with Crippen LogP contribution in [0.3, 0.4) is 0 Å². The molecule has 9 heavy (non-hydrogen) atoms. The Kier molecular flexibility index (Phi) is 1.63. The molecule has 1 heterocycles. The fraction of sp³-hybridized carbons (Fsp3) is 0.333. The largest absolute Gasteiger partial charge is 0.352 e. The van der Waals surface area contributed by atoms with Crippen LogP contribution in [0.2, 0.25) is 0 Å². The van der Waals surface area contributed by atoms with Gasteiger partial charge in [0.15, 0.2) is 5.78 Å². The smallest absolute Gasteiger partial charge is 0.228 e. The zero-order valence-electron chi connectivity index (χ0n) is 4.89. The van der Waals surface area contributed by atoms with Crippen LogP contribution >= 0.6 is 0 Å². The number of amides is 1. The van der Waals surface area contributed by atoms with Crippen molar-refractivity contribution in [2.24, 2.45) is 0 Å². The van der Waals surface area contributed by atoms with Gasteiger partial charge in [-0.25, -0.2) is 0 Å². The summed E-state index contributed by atoms with van der Waals surface area (Å²) < 4.78 is 0. The second kappa shape index (κ2) is 2.44. The number of allylic oxidation sites excluding steroid dienone is 1. The minimum Gasteiger partial charge on any atom is -0.352 e. The summed E-state index contributed by atoms with van der Waals surface area (Å²) in [5.74, 6) is -0.310. The van der Waals surface area contributed by atoms with Gasteiger partial charge in [0.05, 0.1) is 6.42 Å². The lowest BCUT2D eigenvalue weighted by atomic mass is 10.3. The minimum absolute atomic E-state index is 0.00347. The first-order chi connectivity index (χ1) is 4.29. The summed E-state index contributed by atoms with van der Waals surface area (Å²) in [6.07, 6.45) is 3.07. The van der Waals surface area contributed by atoms with Crippen LogP contribution in [0.1, 0.15) is 6.42 Å². The third-order valence-corrected chi connectivity index (χ3v) is 1.06. The van der Waals surface area contributed by atoms with Crippen LogP contribution in [0.5, 0.6) is 0 Å². The lowest BCUT2D eigenvalue weighted by molar-refractivity contribution is -0.125. The molecule has 0 aliphatic carbocycles. The highest BCUT2D eigenvalue weighted by Gasteiger charge is 2.07. The first-order valence-electron chi connectivity index (χ1n) is 2.75. The molecule has 48 valence electrons. The summed E-state index contributed by atoms with van der Waals surface area (Å²) in [7, 11) is 0. The number of carbonyl (C=O) groups is 2. The van der Waals surface area contributed by atoms with Crippen LogP contribution in [0.4, 0.5) is 0 Å². The van der Waals surface area contributed by atoms with E-state index in [1.165, 1.54) is 6.08 Å². The number of hydrogen-bond acceptors (Lipinski definition) is 2. The van der Waals surface area contributed by atoms with Crippen molar-refractivity contribution in [2.75, 3.05) is 6.54 Å². The number of hydrogen-bond donors (Lipinski definition) is 1. The van der Waals surface area contributed by atoms with Gasteiger partial charge >= 0.3 is 0 Å². The monoisotopic (exact) mass is 125 g/mol. The average Bonchev–Trinajstić information content (AvgIpc) is 1.93. The fourth-order valence-electron chi connectivity index (χ4n) is 0.643. The molecule has 0 unspecified atom stereocenters. The third kappa shape index (κ3) is 1.68. The Morgan fingerprint density at radius 1 is 1.44 bits per heavy atom. The van der Waals surface area contributed by atoms with Gasteiger partial charge in [0.25, 0.3) is 0 Å². The molecule has 1 amide bonds. The molecule has 0 bridgehead atoms. The summed E-state index contributed by atoms with van der Waals surface area (Å²) >= 11 is 0. The summed E-state index contributed by atoms with van der Waals surface area (Å²) in [5.41, 5.74) is 0. The van der Waals surface area contributed by atoms with Crippen molar-refractivity contribution in [2.45, 2.75) is 6.42 Å². The maximum Gasteiger partial charge on any atom is 0.228 e. The standard InChI is InChI=1S/C6H7NO2/c8-5-2-1-3-7-6(9)4-5/h1-2H,3-4H2,(H,7,9). The zero-order valence-corrected chi connectivity index (χ0v) is 4.89. The highest BCUT2D eigenvalue weighted by molar-refractivity contribution is 6.04. The molecule has 1 aliphatic rings. The Morgan fingerprint density at radius 2 is 2.22 bits per heavy atom. The van der Waals surface area contributed by atoms with Gasteiger partial charge in [-0.1, -0.05) is 6.08 Å². The maximum absolute atomic E-state index is 10.5. The Morgan fingerprint density at radius 3 is 3.00 bits per heavy atom. The van der Waals surface area contributed by atoms with E-state index in [-0.39, 0.29) is 18.1 Å². The van der Waals surface area contributed by atoms with E-state index >= 15 is 0 Å². The van der Waals surface area contributed by atoms with Crippen LogP contribution < -0.4 is 5.32 Å². The lowest BCUT2D eigenvalue weighted by Crippen LogP contribution is -2.22. The molecule has 0 spiro atoms. The van der Waals surface area contributed by atoms with E-state index in [4.69, 9.17) is 0 Å². The Hall–Kier alpha value is -1.12. The van der Waals surface area contributed by atoms with E-state index < -0.39 is 0 Å². The number of rotatable bonds is 0. The van der Waals surface area contributed by atoms with Crippen molar-refractivity contribution >= 4 is 11.7 Å². The van der Waals surface area contributed by atoms with E-state index in [2.05, 4.69) is 5.32 Å². The average molecular weight is 125 g/mol. The van der Waals surface area contributed by atoms with E-state index in [1.54, 1.807) is 6.08 Å². The van der Waals surface area contributed by atoms with Crippen LogP contribution in [0, 0.1) is 0 Å². The van der Waals surface area contributed by atoms with Crippen molar-refractivity contribution in [3.05, 3.63) is 12.2 Å². The number of nitrogens with one attached hydrogen (secondary N) is 1. The summed E-state index contributed by atoms with van der Waals surface area (Å²) in [5, 5.41) is 2.53. The van der Waals surface area contributed by atoms with Gasteiger partial charge in [-0.05, 0) is 6.08 Å². The number of carbonyl (C=O) groups excluding carboxylic acids is 2. The first kappa shape index (κ1) is 6.01. The molecule has 0 saturated heterocycles.